The van der Waals surface area contributed by atoms with E-state index in [-0.39, 0.29) is 0 Å². The van der Waals surface area contributed by atoms with Crippen molar-refractivity contribution in [3.05, 3.63) is 46.6 Å². The average Bonchev–Trinajstić information content (AvgIpc) is 3.53. The molecule has 0 amide bonds. The van der Waals surface area contributed by atoms with Crippen molar-refractivity contribution in [3.8, 4) is 5.75 Å². The Morgan fingerprint density at radius 1 is 0.955 bits per heavy atom. The van der Waals surface area contributed by atoms with Crippen LogP contribution >= 0.6 is 11.6 Å². The second-order valence-corrected chi connectivity index (χ2v) is 13.0. The van der Waals surface area contributed by atoms with Crippen molar-refractivity contribution in [1.82, 2.24) is 15.1 Å². The molecule has 246 valence electrons. The van der Waals surface area contributed by atoms with E-state index in [0.29, 0.717) is 80.4 Å². The fraction of sp³-hybridized carbons (Fsp3) is 0.586. The van der Waals surface area contributed by atoms with Crippen LogP contribution in [0.3, 0.4) is 0 Å². The van der Waals surface area contributed by atoms with Gasteiger partial charge in [-0.15, -0.1) is 0 Å². The number of hydrogen-bond acceptors (Lipinski definition) is 12. The van der Waals surface area contributed by atoms with E-state index in [1.165, 1.54) is 4.68 Å². The molecule has 0 radical (unpaired) electrons. The van der Waals surface area contributed by atoms with Crippen molar-refractivity contribution in [3.63, 3.8) is 0 Å². The molecule has 1 fully saturated rings. The van der Waals surface area contributed by atoms with Crippen LogP contribution in [-0.4, -0.2) is 119 Å². The number of benzene rings is 1. The number of nitrogens with zero attached hydrogens (tertiary/aromatic N) is 3. The molecule has 4 N–H and O–H groups in total. The molecule has 0 aliphatic carbocycles. The van der Waals surface area contributed by atoms with E-state index in [0.717, 1.165) is 23.0 Å². The van der Waals surface area contributed by atoms with Crippen molar-refractivity contribution in [2.24, 2.45) is 4.99 Å². The number of aromatic nitrogens is 2. The summed E-state index contributed by atoms with van der Waals surface area (Å²) in [5, 5.41) is 39.3. The summed E-state index contributed by atoms with van der Waals surface area (Å²) in [7, 11) is 0. The molecule has 44 heavy (non-hydrogen) atoms. The number of ether oxygens (including phenoxy) is 6. The molecule has 2 aromatic rings. The summed E-state index contributed by atoms with van der Waals surface area (Å²) < 4.78 is 37.0. The van der Waals surface area contributed by atoms with E-state index in [1.54, 1.807) is 6.20 Å². The van der Waals surface area contributed by atoms with Crippen LogP contribution < -0.4 is 41.8 Å². The molecule has 0 bridgehead atoms. The Labute approximate surface area is 271 Å². The summed E-state index contributed by atoms with van der Waals surface area (Å²) in [6, 6.07) is 7.89. The van der Waals surface area contributed by atoms with Crippen molar-refractivity contribution < 1.29 is 64.9 Å². The summed E-state index contributed by atoms with van der Waals surface area (Å²) in [6.07, 6.45) is -1.90. The number of aliphatic imine (C=N–C) groups is 1. The fourth-order valence-electron chi connectivity index (χ4n) is 4.45. The molecule has 15 heteroatoms. The number of aliphatic hydroxyl groups is 3. The third-order valence-electron chi connectivity index (χ3n) is 6.74. The zero-order valence-corrected chi connectivity index (χ0v) is 27.6. The quantitative estimate of drug-likeness (QED) is 0.0780. The number of fused-ring (bicyclic) bond motifs is 1. The third kappa shape index (κ3) is 10.3. The molecule has 1 aromatic carbocycles. The van der Waals surface area contributed by atoms with Crippen molar-refractivity contribution >= 4 is 24.7 Å². The van der Waals surface area contributed by atoms with E-state index in [2.05, 4.69) is 15.4 Å². The van der Waals surface area contributed by atoms with Crippen LogP contribution in [0.5, 0.6) is 5.75 Å². The summed E-state index contributed by atoms with van der Waals surface area (Å²) in [5.74, 6) is 1.34. The van der Waals surface area contributed by atoms with Crippen molar-refractivity contribution in [1.29, 1.82) is 0 Å². The van der Waals surface area contributed by atoms with E-state index in [4.69, 9.17) is 40.0 Å². The zero-order valence-electron chi connectivity index (χ0n) is 24.6. The normalized spacial score (nSPS) is 21.7. The summed E-state index contributed by atoms with van der Waals surface area (Å²) in [5.41, 5.74) is 1.12. The van der Waals surface area contributed by atoms with Crippen LogP contribution in [0.4, 0.5) is 0 Å². The zero-order chi connectivity index (χ0) is 31.1. The Kier molecular flexibility index (Phi) is 15.1. The van der Waals surface area contributed by atoms with E-state index >= 15 is 0 Å². The van der Waals surface area contributed by atoms with Gasteiger partial charge in [0.15, 0.2) is 0 Å². The third-order valence-corrected chi connectivity index (χ3v) is 9.03. The Balaban J connectivity index is 1.18. The molecule has 0 unspecified atom stereocenters. The van der Waals surface area contributed by atoms with Gasteiger partial charge in [0, 0.05) is 6.61 Å². The second-order valence-electron chi connectivity index (χ2n) is 9.74. The maximum atomic E-state index is 10.5. The molecule has 3 heterocycles. The first-order chi connectivity index (χ1) is 21.5. The van der Waals surface area contributed by atoms with Crippen LogP contribution in [0.2, 0.25) is 0 Å². The monoisotopic (exact) mass is 751 g/mol. The molecule has 2 aliphatic heterocycles. The van der Waals surface area contributed by atoms with Gasteiger partial charge in [-0.1, -0.05) is 0 Å². The standard InChI is InChI=1S/C29H41ClIN4O9/c1-2-39-9-10-40-11-12-41-13-14-42-15-16-43-21-5-3-20(4-6-21)7-8-32-27-22-18-33-35(23(22)17-31-29(30)34-27)28-26(38)25(37)24(19-36)44-28/h3-6,17-18,24-26,28,32,36-38H,2,7-16,19H2,1H3/q-1/t24-,25-,26-,28-/m1/s1. The molecule has 13 nitrogen and oxygen atoms in total. The minimum atomic E-state index is -1.23. The van der Waals surface area contributed by atoms with Gasteiger partial charge in [-0.2, -0.15) is 0 Å². The van der Waals surface area contributed by atoms with E-state index < -0.39 is 52.4 Å². The van der Waals surface area contributed by atoms with Gasteiger partial charge in [0.1, 0.15) is 0 Å². The van der Waals surface area contributed by atoms with Gasteiger partial charge >= 0.3 is 194 Å². The van der Waals surface area contributed by atoms with Gasteiger partial charge in [-0.3, -0.25) is 0 Å². The van der Waals surface area contributed by atoms with Gasteiger partial charge in [-0.25, -0.2) is 0 Å². The van der Waals surface area contributed by atoms with Gasteiger partial charge in [0.2, 0.25) is 0 Å². The first-order valence-electron chi connectivity index (χ1n) is 14.6. The molecule has 1 saturated heterocycles. The Bertz CT molecular complexity index is 1300. The van der Waals surface area contributed by atoms with E-state index in [9.17, 15) is 15.3 Å². The Morgan fingerprint density at radius 2 is 1.61 bits per heavy atom. The molecule has 4 atom stereocenters. The molecule has 0 saturated carbocycles. The topological polar surface area (TPSA) is 158 Å². The molecule has 0 spiro atoms. The number of halogens is 2. The molecule has 1 aromatic heterocycles. The first-order valence-corrected chi connectivity index (χ1v) is 17.3. The van der Waals surface area contributed by atoms with Gasteiger partial charge in [0.05, 0.1) is 46.2 Å². The number of nitrogens with one attached hydrogen (secondary N) is 1. The number of rotatable bonds is 20. The van der Waals surface area contributed by atoms with Gasteiger partial charge in [-0.05, 0) is 6.92 Å². The average molecular weight is 752 g/mol. The molecule has 2 aliphatic rings. The summed E-state index contributed by atoms with van der Waals surface area (Å²) in [4.78, 5) is 4.56. The van der Waals surface area contributed by atoms with Crippen LogP contribution in [0.1, 0.15) is 18.7 Å². The molecular weight excluding hydrogens is 711 g/mol. The SMILES string of the molecule is CCOCCOCCOCCOCCOc1ccc(CCNC2=c3cnn([C@@H]4O[C@H](CO)[C@@H](O)[C@H]4O)c3=C[I-]C(Cl)=N2)cc1. The summed E-state index contributed by atoms with van der Waals surface area (Å²) >= 11 is 5.65. The predicted molar refractivity (Wildman–Crippen MR) is 158 cm³/mol. The first kappa shape index (κ1) is 35.0. The number of aliphatic hydroxyl groups excluding tert-OH is 3. The number of hydrogen-bond donors (Lipinski definition) is 4. The van der Waals surface area contributed by atoms with Crippen LogP contribution in [0, 0.1) is 0 Å². The minimum absolute atomic E-state index is 0.409. The Morgan fingerprint density at radius 3 is 2.25 bits per heavy atom. The van der Waals surface area contributed by atoms with Gasteiger partial charge in [0.25, 0.3) is 0 Å². The van der Waals surface area contributed by atoms with Crippen molar-refractivity contribution in [2.75, 3.05) is 72.6 Å². The van der Waals surface area contributed by atoms with Gasteiger partial charge < -0.3 is 18.9 Å². The van der Waals surface area contributed by atoms with Crippen LogP contribution in [0.15, 0.2) is 35.5 Å². The Hall–Kier alpha value is -1.86. The van der Waals surface area contributed by atoms with Crippen LogP contribution in [0.25, 0.3) is 9.90 Å². The summed E-state index contributed by atoms with van der Waals surface area (Å²) in [6.45, 7) is 6.99. The predicted octanol–water partition coefficient (Wildman–Crippen LogP) is -3.71. The van der Waals surface area contributed by atoms with Crippen LogP contribution in [-0.2, 0) is 30.1 Å². The fourth-order valence-corrected chi connectivity index (χ4v) is 6.36. The van der Waals surface area contributed by atoms with Crippen molar-refractivity contribution in [2.45, 2.75) is 37.9 Å². The maximum absolute atomic E-state index is 10.5. The van der Waals surface area contributed by atoms with E-state index in [1.807, 2.05) is 35.3 Å². The molecular formula is C29H41ClIN4O9-. The second kappa shape index (κ2) is 19.0. The molecule has 4 rings (SSSR count).